The van der Waals surface area contributed by atoms with E-state index in [4.69, 9.17) is 4.74 Å². The predicted molar refractivity (Wildman–Crippen MR) is 73.2 cm³/mol. The Kier molecular flexibility index (Phi) is 3.47. The Balaban J connectivity index is 1.59. The lowest BCUT2D eigenvalue weighted by Gasteiger charge is -2.08. The first kappa shape index (κ1) is 12.2. The highest BCUT2D eigenvalue weighted by Gasteiger charge is 2.20. The lowest BCUT2D eigenvalue weighted by atomic mass is 10.1. The summed E-state index contributed by atoms with van der Waals surface area (Å²) in [7, 11) is 0. The molecule has 0 bridgehead atoms. The van der Waals surface area contributed by atoms with Crippen LogP contribution >= 0.6 is 0 Å². The zero-order valence-corrected chi connectivity index (χ0v) is 10.7. The van der Waals surface area contributed by atoms with Crippen LogP contribution in [0.15, 0.2) is 42.6 Å². The number of aromatic nitrogens is 1. The molecule has 98 valence electrons. The molecule has 0 spiro atoms. The standard InChI is InChI=1S/C16H17NO2/c18-16-7-4-12-11-14(5-6-15(12)16)19-10-8-13-3-1-2-9-17-13/h1-3,5-6,9,11,16,18H,4,7-8,10H2. The Bertz CT molecular complexity index is 554. The van der Waals surface area contributed by atoms with Crippen LogP contribution in [0.5, 0.6) is 5.75 Å². The van der Waals surface area contributed by atoms with Crippen LogP contribution in [0, 0.1) is 0 Å². The van der Waals surface area contributed by atoms with E-state index in [0.29, 0.717) is 6.61 Å². The average molecular weight is 255 g/mol. The normalized spacial score (nSPS) is 17.2. The number of benzene rings is 1. The number of ether oxygens (including phenoxy) is 1. The molecule has 1 atom stereocenters. The first-order chi connectivity index (χ1) is 9.33. The second-order valence-corrected chi connectivity index (χ2v) is 4.83. The zero-order valence-electron chi connectivity index (χ0n) is 10.7. The van der Waals surface area contributed by atoms with Crippen molar-refractivity contribution in [3.63, 3.8) is 0 Å². The van der Waals surface area contributed by atoms with Crippen LogP contribution in [0.2, 0.25) is 0 Å². The van der Waals surface area contributed by atoms with Crippen LogP contribution < -0.4 is 4.74 Å². The molecule has 0 radical (unpaired) electrons. The van der Waals surface area contributed by atoms with Gasteiger partial charge in [0.05, 0.1) is 12.7 Å². The van der Waals surface area contributed by atoms with Gasteiger partial charge >= 0.3 is 0 Å². The van der Waals surface area contributed by atoms with Gasteiger partial charge in [0.25, 0.3) is 0 Å². The summed E-state index contributed by atoms with van der Waals surface area (Å²) >= 11 is 0. The van der Waals surface area contributed by atoms with Crippen LogP contribution in [0.3, 0.4) is 0 Å². The number of aliphatic hydroxyl groups is 1. The van der Waals surface area contributed by atoms with E-state index in [0.717, 1.165) is 36.3 Å². The van der Waals surface area contributed by atoms with E-state index in [1.807, 2.05) is 36.4 Å². The van der Waals surface area contributed by atoms with Gasteiger partial charge in [-0.3, -0.25) is 4.98 Å². The van der Waals surface area contributed by atoms with Crippen LogP contribution in [0.25, 0.3) is 0 Å². The first-order valence-corrected chi connectivity index (χ1v) is 6.66. The van der Waals surface area contributed by atoms with Gasteiger partial charge in [-0.25, -0.2) is 0 Å². The van der Waals surface area contributed by atoms with Gasteiger partial charge in [-0.05, 0) is 48.2 Å². The Morgan fingerprint density at radius 2 is 2.21 bits per heavy atom. The molecule has 2 aromatic rings. The fourth-order valence-electron chi connectivity index (χ4n) is 2.48. The van der Waals surface area contributed by atoms with Gasteiger partial charge in [-0.15, -0.1) is 0 Å². The molecular formula is C16H17NO2. The third kappa shape index (κ3) is 2.76. The zero-order chi connectivity index (χ0) is 13.1. The summed E-state index contributed by atoms with van der Waals surface area (Å²) in [6.07, 6.45) is 4.07. The minimum Gasteiger partial charge on any atom is -0.493 e. The maximum Gasteiger partial charge on any atom is 0.119 e. The van der Waals surface area contributed by atoms with E-state index in [-0.39, 0.29) is 6.10 Å². The monoisotopic (exact) mass is 255 g/mol. The molecule has 0 amide bonds. The number of pyridine rings is 1. The maximum absolute atomic E-state index is 9.75. The molecule has 0 saturated carbocycles. The van der Waals surface area contributed by atoms with Crippen LogP contribution in [0.4, 0.5) is 0 Å². The number of aryl methyl sites for hydroxylation is 1. The smallest absolute Gasteiger partial charge is 0.119 e. The van der Waals surface area contributed by atoms with E-state index in [1.54, 1.807) is 6.20 Å². The quantitative estimate of drug-likeness (QED) is 0.913. The van der Waals surface area contributed by atoms with Crippen LogP contribution in [-0.2, 0) is 12.8 Å². The molecular weight excluding hydrogens is 238 g/mol. The van der Waals surface area contributed by atoms with E-state index >= 15 is 0 Å². The van der Waals surface area contributed by atoms with Crippen LogP contribution in [0.1, 0.15) is 29.3 Å². The highest BCUT2D eigenvalue weighted by Crippen LogP contribution is 2.33. The number of rotatable bonds is 4. The SMILES string of the molecule is OC1CCc2cc(OCCc3ccccn3)ccc21. The predicted octanol–water partition coefficient (Wildman–Crippen LogP) is 2.68. The Morgan fingerprint density at radius 1 is 1.26 bits per heavy atom. The van der Waals surface area contributed by atoms with Crippen molar-refractivity contribution in [1.29, 1.82) is 0 Å². The van der Waals surface area contributed by atoms with Gasteiger partial charge in [0.15, 0.2) is 0 Å². The lowest BCUT2D eigenvalue weighted by molar-refractivity contribution is 0.180. The van der Waals surface area contributed by atoms with Gasteiger partial charge in [0.1, 0.15) is 5.75 Å². The largest absolute Gasteiger partial charge is 0.493 e. The second-order valence-electron chi connectivity index (χ2n) is 4.83. The number of hydrogen-bond acceptors (Lipinski definition) is 3. The molecule has 1 aliphatic carbocycles. The summed E-state index contributed by atoms with van der Waals surface area (Å²) in [4.78, 5) is 4.26. The van der Waals surface area contributed by atoms with Gasteiger partial charge in [0.2, 0.25) is 0 Å². The van der Waals surface area contributed by atoms with Crippen molar-refractivity contribution in [3.05, 3.63) is 59.4 Å². The van der Waals surface area contributed by atoms with Crippen molar-refractivity contribution in [2.24, 2.45) is 0 Å². The molecule has 3 rings (SSSR count). The summed E-state index contributed by atoms with van der Waals surface area (Å²) < 4.78 is 5.75. The fraction of sp³-hybridized carbons (Fsp3) is 0.312. The van der Waals surface area contributed by atoms with Crippen LogP contribution in [-0.4, -0.2) is 16.7 Å². The number of aliphatic hydroxyl groups excluding tert-OH is 1. The van der Waals surface area contributed by atoms with Crippen molar-refractivity contribution in [2.75, 3.05) is 6.61 Å². The van der Waals surface area contributed by atoms with Crippen molar-refractivity contribution in [3.8, 4) is 5.75 Å². The van der Waals surface area contributed by atoms with E-state index in [2.05, 4.69) is 4.98 Å². The molecule has 0 saturated heterocycles. The van der Waals surface area contributed by atoms with Gasteiger partial charge < -0.3 is 9.84 Å². The topological polar surface area (TPSA) is 42.4 Å². The molecule has 0 fully saturated rings. The molecule has 1 aromatic heterocycles. The van der Waals surface area contributed by atoms with E-state index in [9.17, 15) is 5.11 Å². The first-order valence-electron chi connectivity index (χ1n) is 6.66. The third-order valence-electron chi connectivity index (χ3n) is 3.51. The molecule has 1 unspecified atom stereocenters. The average Bonchev–Trinajstić information content (AvgIpc) is 2.81. The molecule has 3 nitrogen and oxygen atoms in total. The van der Waals surface area contributed by atoms with Crippen molar-refractivity contribution >= 4 is 0 Å². The molecule has 1 aromatic carbocycles. The summed E-state index contributed by atoms with van der Waals surface area (Å²) in [5.41, 5.74) is 3.30. The Hall–Kier alpha value is -1.87. The molecule has 3 heteroatoms. The minimum absolute atomic E-state index is 0.294. The molecule has 1 N–H and O–H groups in total. The van der Waals surface area contributed by atoms with E-state index in [1.165, 1.54) is 5.56 Å². The summed E-state index contributed by atoms with van der Waals surface area (Å²) in [5.74, 6) is 0.879. The highest BCUT2D eigenvalue weighted by molar-refractivity contribution is 5.39. The Labute approximate surface area is 112 Å². The van der Waals surface area contributed by atoms with Crippen molar-refractivity contribution < 1.29 is 9.84 Å². The number of nitrogens with zero attached hydrogens (tertiary/aromatic N) is 1. The summed E-state index contributed by atoms with van der Waals surface area (Å²) in [6.45, 7) is 0.623. The van der Waals surface area contributed by atoms with Crippen molar-refractivity contribution in [1.82, 2.24) is 4.98 Å². The Morgan fingerprint density at radius 3 is 3.05 bits per heavy atom. The summed E-state index contributed by atoms with van der Waals surface area (Å²) in [6, 6.07) is 11.9. The van der Waals surface area contributed by atoms with E-state index < -0.39 is 0 Å². The minimum atomic E-state index is -0.294. The summed E-state index contributed by atoms with van der Waals surface area (Å²) in [5, 5.41) is 9.75. The highest BCUT2D eigenvalue weighted by atomic mass is 16.5. The van der Waals surface area contributed by atoms with Gasteiger partial charge in [-0.2, -0.15) is 0 Å². The molecule has 0 aliphatic heterocycles. The van der Waals surface area contributed by atoms with Gasteiger partial charge in [0, 0.05) is 18.3 Å². The molecule has 1 heterocycles. The second kappa shape index (κ2) is 5.41. The van der Waals surface area contributed by atoms with Gasteiger partial charge in [-0.1, -0.05) is 12.1 Å². The maximum atomic E-state index is 9.75. The lowest BCUT2D eigenvalue weighted by Crippen LogP contribution is -2.03. The van der Waals surface area contributed by atoms with Crippen molar-refractivity contribution in [2.45, 2.75) is 25.4 Å². The fourth-order valence-corrected chi connectivity index (χ4v) is 2.48. The molecule has 1 aliphatic rings. The number of fused-ring (bicyclic) bond motifs is 1. The molecule has 19 heavy (non-hydrogen) atoms. The third-order valence-corrected chi connectivity index (χ3v) is 3.51. The number of hydrogen-bond donors (Lipinski definition) is 1.